The van der Waals surface area contributed by atoms with Crippen LogP contribution in [0.4, 0.5) is 10.6 Å². The van der Waals surface area contributed by atoms with E-state index in [4.69, 9.17) is 47.2 Å². The number of alkyl carbamates (subject to hydrolysis) is 1. The molecular weight excluding hydrogens is 1170 g/mol. The lowest BCUT2D eigenvalue weighted by Crippen LogP contribution is -2.42. The number of benzene rings is 6. The molecule has 466 valence electrons. The van der Waals surface area contributed by atoms with E-state index in [-0.39, 0.29) is 67.7 Å². The maximum Gasteiger partial charge on any atom is 0.407 e. The first kappa shape index (κ1) is 64.2. The fourth-order valence-corrected chi connectivity index (χ4v) is 14.1. The van der Waals surface area contributed by atoms with E-state index in [1.165, 1.54) is 6.33 Å². The molecule has 1 saturated heterocycles. The molecule has 6 aromatic carbocycles. The summed E-state index contributed by atoms with van der Waals surface area (Å²) >= 11 is 1.13. The van der Waals surface area contributed by atoms with E-state index < -0.39 is 56.1 Å². The van der Waals surface area contributed by atoms with Crippen molar-refractivity contribution >= 4 is 54.4 Å². The second kappa shape index (κ2) is 29.2. The fraction of sp³-hybridized carbons (Fsp3) is 0.353. The van der Waals surface area contributed by atoms with Crippen LogP contribution in [0.2, 0.25) is 0 Å². The Kier molecular flexibility index (Phi) is 21.1. The van der Waals surface area contributed by atoms with E-state index in [2.05, 4.69) is 77.2 Å². The molecule has 8 aromatic rings. The van der Waals surface area contributed by atoms with Crippen molar-refractivity contribution in [3.8, 4) is 28.4 Å². The molecule has 2 amide bonds. The Balaban J connectivity index is 0.905. The minimum absolute atomic E-state index is 0.0612. The second-order valence-corrected chi connectivity index (χ2v) is 25.2. The summed E-state index contributed by atoms with van der Waals surface area (Å²) in [7, 11) is 2.91. The maximum atomic E-state index is 14.0. The van der Waals surface area contributed by atoms with Crippen molar-refractivity contribution in [3.63, 3.8) is 0 Å². The summed E-state index contributed by atoms with van der Waals surface area (Å²) in [5.41, 5.74) is 5.42. The van der Waals surface area contributed by atoms with Crippen LogP contribution in [0.25, 0.3) is 22.3 Å². The molecule has 5 atom stereocenters. The number of thioether (sulfide) groups is 1. The van der Waals surface area contributed by atoms with Gasteiger partial charge < -0.3 is 52.8 Å². The number of carbonyl (C=O) groups excluding carboxylic acids is 3. The van der Waals surface area contributed by atoms with Crippen molar-refractivity contribution < 1.29 is 56.6 Å². The van der Waals surface area contributed by atoms with Crippen LogP contribution in [0.5, 0.6) is 17.2 Å². The van der Waals surface area contributed by atoms with Gasteiger partial charge in [0.1, 0.15) is 54.1 Å². The number of hydrogen-bond acceptors (Lipinski definition) is 17. The first-order valence-corrected chi connectivity index (χ1v) is 31.7. The summed E-state index contributed by atoms with van der Waals surface area (Å²) in [6, 6.07) is 50.8. The first-order chi connectivity index (χ1) is 43.1. The van der Waals surface area contributed by atoms with Gasteiger partial charge in [-0.15, -0.1) is 0 Å². The third-order valence-electron chi connectivity index (χ3n) is 15.7. The van der Waals surface area contributed by atoms with Crippen molar-refractivity contribution in [3.05, 3.63) is 198 Å². The largest absolute Gasteiger partial charge is 0.497 e. The zero-order chi connectivity index (χ0) is 62.7. The van der Waals surface area contributed by atoms with E-state index >= 15 is 0 Å². The zero-order valence-electron chi connectivity index (χ0n) is 51.4. The fourth-order valence-electron chi connectivity index (χ4n) is 11.4. The number of methoxy groups -OCH3 is 3. The molecule has 1 aliphatic heterocycles. The molecule has 3 heterocycles. The molecule has 0 radical (unpaired) electrons. The van der Waals surface area contributed by atoms with Gasteiger partial charge in [-0.05, 0) is 103 Å². The van der Waals surface area contributed by atoms with Crippen molar-refractivity contribution in [1.29, 1.82) is 0 Å². The summed E-state index contributed by atoms with van der Waals surface area (Å²) in [4.78, 5) is 54.4. The quantitative estimate of drug-likeness (QED) is 0.0266. The number of nitrogens with zero attached hydrogens (tertiary/aromatic N) is 5. The van der Waals surface area contributed by atoms with Crippen molar-refractivity contribution in [1.82, 2.24) is 29.5 Å². The van der Waals surface area contributed by atoms with E-state index in [9.17, 15) is 14.4 Å². The van der Waals surface area contributed by atoms with Crippen LogP contribution in [0.15, 0.2) is 170 Å². The predicted octanol–water partition coefficient (Wildman–Crippen LogP) is 12.4. The number of aromatic nitrogens is 4. The van der Waals surface area contributed by atoms with Gasteiger partial charge in [-0.2, -0.15) is 0 Å². The number of fused-ring (bicyclic) bond motifs is 4. The number of hydrogen-bond donors (Lipinski definition) is 2. The molecule has 2 aromatic heterocycles. The molecule has 89 heavy (non-hydrogen) atoms. The topological polar surface area (TPSA) is 205 Å². The van der Waals surface area contributed by atoms with Crippen LogP contribution in [0.3, 0.4) is 0 Å². The van der Waals surface area contributed by atoms with Gasteiger partial charge in [0.05, 0.1) is 39.2 Å². The smallest absolute Gasteiger partial charge is 0.407 e. The Morgan fingerprint density at radius 2 is 1.28 bits per heavy atom. The van der Waals surface area contributed by atoms with E-state index in [0.717, 1.165) is 50.7 Å². The molecule has 2 aliphatic rings. The second-order valence-electron chi connectivity index (χ2n) is 22.7. The summed E-state index contributed by atoms with van der Waals surface area (Å²) in [5, 5.41) is 5.56. The zero-order valence-corrected chi connectivity index (χ0v) is 53.2. The molecule has 2 N–H and O–H groups in total. The number of imidazole rings is 1. The highest BCUT2D eigenvalue weighted by Gasteiger charge is 2.51. The highest BCUT2D eigenvalue weighted by atomic mass is 32.2. The number of ether oxygens (including phenoxy) is 7. The Labute approximate surface area is 525 Å². The Morgan fingerprint density at radius 1 is 0.697 bits per heavy atom. The van der Waals surface area contributed by atoms with E-state index in [0.29, 0.717) is 28.4 Å². The van der Waals surface area contributed by atoms with Crippen LogP contribution in [0.1, 0.15) is 81.5 Å². The van der Waals surface area contributed by atoms with Crippen LogP contribution < -0.4 is 24.8 Å². The third-order valence-corrected chi connectivity index (χ3v) is 19.1. The lowest BCUT2D eigenvalue weighted by Gasteiger charge is -2.39. The number of rotatable bonds is 28. The highest BCUT2D eigenvalue weighted by Crippen LogP contribution is 2.52. The van der Waals surface area contributed by atoms with Crippen LogP contribution in [-0.2, 0) is 43.2 Å². The summed E-state index contributed by atoms with van der Waals surface area (Å²) in [6.45, 7) is 11.9. The van der Waals surface area contributed by atoms with Gasteiger partial charge >= 0.3 is 6.09 Å². The Morgan fingerprint density at radius 3 is 1.88 bits per heavy atom. The predicted molar refractivity (Wildman–Crippen MR) is 343 cm³/mol. The average Bonchev–Trinajstić information content (AvgIpc) is 1.80. The van der Waals surface area contributed by atoms with Crippen LogP contribution in [0, 0.1) is 5.41 Å². The lowest BCUT2D eigenvalue weighted by molar-refractivity contribution is -0.118. The molecular formula is C68H76N7O12PS. The molecule has 19 nitrogen and oxygen atoms in total. The highest BCUT2D eigenvalue weighted by molar-refractivity contribution is 8.13. The van der Waals surface area contributed by atoms with Crippen LogP contribution >= 0.6 is 20.3 Å². The summed E-state index contributed by atoms with van der Waals surface area (Å²) in [6.07, 6.45) is -1.21. The molecule has 0 saturated carbocycles. The minimum atomic E-state index is -1.93. The minimum Gasteiger partial charge on any atom is -0.497 e. The molecule has 1 aliphatic carbocycles. The van der Waals surface area contributed by atoms with Gasteiger partial charge in [0.2, 0.25) is 0 Å². The summed E-state index contributed by atoms with van der Waals surface area (Å²) in [5.74, 6) is 1.80. The lowest BCUT2D eigenvalue weighted by atomic mass is 9.80. The van der Waals surface area contributed by atoms with Gasteiger partial charge in [-0.25, -0.2) is 24.4 Å². The van der Waals surface area contributed by atoms with Gasteiger partial charge in [-0.1, -0.05) is 147 Å². The number of anilines is 1. The van der Waals surface area contributed by atoms with Crippen molar-refractivity contribution in [2.45, 2.75) is 89.7 Å². The van der Waals surface area contributed by atoms with Gasteiger partial charge in [0.15, 0.2) is 34.9 Å². The van der Waals surface area contributed by atoms with Crippen molar-refractivity contribution in [2.75, 3.05) is 65.4 Å². The standard InChI is InChI=1S/C68H76N7O12PS/c1-44(2)75(45(3)4)88(85-36-37-89-65(77)67(5,6)41-69-66(78)83-38-56-54-26-18-16-24-52(54)53-25-17-19-27-55(53)56)87-60-57(39-84-68(46-20-12-10-13-21-46,47-28-32-49(79-7)33-29-47)48-30-34-50(80-8)35-31-48)86-64(61(60)81-9)74-43-72-59-62(70-42-71-63(59)74)73-58(76)40-82-51-22-14-11-15-23-51/h10-35,42-45,56-57,60-61,64H,36-41H2,1-9H3,(H,69,78)(H,70,71,73,76). The van der Waals surface area contributed by atoms with E-state index in [1.54, 1.807) is 58.2 Å². The normalized spacial score (nSPS) is 16.9. The first-order valence-electron chi connectivity index (χ1n) is 29.6. The number of para-hydroxylation sites is 1. The maximum absolute atomic E-state index is 14.0. The molecule has 0 spiro atoms. The van der Waals surface area contributed by atoms with Gasteiger partial charge in [-0.3, -0.25) is 14.2 Å². The Hall–Kier alpha value is -7.78. The van der Waals surface area contributed by atoms with Gasteiger partial charge in [0.25, 0.3) is 14.4 Å². The number of amides is 2. The molecule has 21 heteroatoms. The molecule has 0 bridgehead atoms. The number of carbonyl (C=O) groups is 3. The molecule has 1 fully saturated rings. The number of nitrogens with one attached hydrogen (secondary N) is 2. The van der Waals surface area contributed by atoms with E-state index in [1.807, 2.05) is 121 Å². The van der Waals surface area contributed by atoms with Crippen LogP contribution in [-0.4, -0.2) is 132 Å². The SMILES string of the molecule is COc1ccc(C(OCC2OC(n3cnc4c(NC(=O)COc5ccccc5)ncnc43)C(OC)C2OP(OCCSC(=O)C(C)(C)CNC(=O)OCC2c3ccccc3-c3ccccc32)N(C(C)C)C(C)C)(c2ccccc2)c2ccc(OC)cc2)cc1. The van der Waals surface area contributed by atoms with Gasteiger partial charge in [0, 0.05) is 37.4 Å². The molecule has 10 rings (SSSR count). The third kappa shape index (κ3) is 14.5. The van der Waals surface area contributed by atoms with Crippen molar-refractivity contribution in [2.24, 2.45) is 5.41 Å². The average molecular weight is 1250 g/mol. The monoisotopic (exact) mass is 1250 g/mol. The molecule has 5 unspecified atom stereocenters. The summed E-state index contributed by atoms with van der Waals surface area (Å²) < 4.78 is 62.2. The Bertz CT molecular complexity index is 3560.